The highest BCUT2D eigenvalue weighted by atomic mass is 16.6. The van der Waals surface area contributed by atoms with Crippen molar-refractivity contribution in [2.45, 2.75) is 0 Å². The first kappa shape index (κ1) is 22.1. The number of nitro benzene ring substituents is 2. The summed E-state index contributed by atoms with van der Waals surface area (Å²) in [5.74, 6) is -0.692. The Hall–Kier alpha value is -4.60. The van der Waals surface area contributed by atoms with E-state index in [0.717, 1.165) is 0 Å². The van der Waals surface area contributed by atoms with E-state index >= 15 is 0 Å². The summed E-state index contributed by atoms with van der Waals surface area (Å²) in [7, 11) is 3.09. The molecule has 0 aromatic heterocycles. The van der Waals surface area contributed by atoms with E-state index in [1.165, 1.54) is 82.6 Å². The average Bonchev–Trinajstić information content (AvgIpc) is 2.82. The van der Waals surface area contributed by atoms with Crippen molar-refractivity contribution in [3.05, 3.63) is 104 Å². The lowest BCUT2D eigenvalue weighted by molar-refractivity contribution is -0.385. The van der Waals surface area contributed by atoms with Crippen LogP contribution in [0.15, 0.2) is 72.8 Å². The number of hydrogen-bond donors (Lipinski definition) is 0. The standard InChI is InChI=1S/C22H18N4O6/c1-23(17-7-11-19(12-8-17)25(29)30)21(27)15-3-5-16(6-4-15)22(28)24(2)18-9-13-20(14-10-18)26(31)32/h3-14H,1-2H3. The molecule has 10 nitrogen and oxygen atoms in total. The zero-order chi connectivity index (χ0) is 23.4. The van der Waals surface area contributed by atoms with Crippen LogP contribution in [0.4, 0.5) is 22.7 Å². The Morgan fingerprint density at radius 3 is 1.12 bits per heavy atom. The number of carbonyl (C=O) groups is 2. The van der Waals surface area contributed by atoms with Gasteiger partial charge in [-0.25, -0.2) is 0 Å². The molecule has 0 saturated carbocycles. The monoisotopic (exact) mass is 434 g/mol. The molecular formula is C22H18N4O6. The van der Waals surface area contributed by atoms with Crippen LogP contribution >= 0.6 is 0 Å². The molecule has 0 heterocycles. The maximum Gasteiger partial charge on any atom is 0.269 e. The van der Waals surface area contributed by atoms with E-state index in [-0.39, 0.29) is 23.2 Å². The van der Waals surface area contributed by atoms with Crippen molar-refractivity contribution in [2.75, 3.05) is 23.9 Å². The summed E-state index contributed by atoms with van der Waals surface area (Å²) in [6.07, 6.45) is 0. The van der Waals surface area contributed by atoms with Gasteiger partial charge >= 0.3 is 0 Å². The maximum atomic E-state index is 12.7. The van der Waals surface area contributed by atoms with E-state index < -0.39 is 9.85 Å². The first-order valence-electron chi connectivity index (χ1n) is 9.34. The van der Waals surface area contributed by atoms with E-state index in [9.17, 15) is 29.8 Å². The van der Waals surface area contributed by atoms with Crippen LogP contribution in [0.1, 0.15) is 20.7 Å². The van der Waals surface area contributed by atoms with E-state index in [1.54, 1.807) is 14.1 Å². The van der Waals surface area contributed by atoms with Crippen molar-refractivity contribution in [3.8, 4) is 0 Å². The Morgan fingerprint density at radius 1 is 0.594 bits per heavy atom. The Labute approximate surface area is 182 Å². The van der Waals surface area contributed by atoms with Crippen molar-refractivity contribution >= 4 is 34.6 Å². The molecule has 10 heteroatoms. The fraction of sp³-hybridized carbons (Fsp3) is 0.0909. The lowest BCUT2D eigenvalue weighted by Gasteiger charge is -2.19. The third-order valence-corrected chi connectivity index (χ3v) is 4.88. The van der Waals surface area contributed by atoms with Gasteiger partial charge in [-0.2, -0.15) is 0 Å². The molecule has 0 aliphatic rings. The number of anilines is 2. The quantitative estimate of drug-likeness (QED) is 0.425. The van der Waals surface area contributed by atoms with Crippen LogP contribution in [0.3, 0.4) is 0 Å². The Kier molecular flexibility index (Phi) is 6.24. The molecule has 162 valence electrons. The summed E-state index contributed by atoms with van der Waals surface area (Å²) < 4.78 is 0. The zero-order valence-electron chi connectivity index (χ0n) is 17.2. The normalized spacial score (nSPS) is 10.3. The van der Waals surface area contributed by atoms with Gasteiger partial charge in [0.2, 0.25) is 0 Å². The zero-order valence-corrected chi connectivity index (χ0v) is 17.2. The van der Waals surface area contributed by atoms with Crippen LogP contribution in [0.25, 0.3) is 0 Å². The second-order valence-corrected chi connectivity index (χ2v) is 6.85. The van der Waals surface area contributed by atoms with Gasteiger partial charge in [-0.15, -0.1) is 0 Å². The minimum atomic E-state index is -0.519. The molecule has 32 heavy (non-hydrogen) atoms. The molecule has 0 radical (unpaired) electrons. The molecular weight excluding hydrogens is 416 g/mol. The third kappa shape index (κ3) is 4.59. The first-order valence-corrected chi connectivity index (χ1v) is 9.34. The van der Waals surface area contributed by atoms with Crippen LogP contribution in [-0.4, -0.2) is 35.8 Å². The van der Waals surface area contributed by atoms with Gasteiger partial charge < -0.3 is 9.80 Å². The maximum absolute atomic E-state index is 12.7. The second kappa shape index (κ2) is 9.04. The topological polar surface area (TPSA) is 127 Å². The Balaban J connectivity index is 1.73. The second-order valence-electron chi connectivity index (χ2n) is 6.85. The van der Waals surface area contributed by atoms with Crippen LogP contribution in [0.2, 0.25) is 0 Å². The minimum Gasteiger partial charge on any atom is -0.311 e. The van der Waals surface area contributed by atoms with Crippen molar-refractivity contribution in [2.24, 2.45) is 0 Å². The molecule has 3 aromatic carbocycles. The van der Waals surface area contributed by atoms with Crippen LogP contribution in [0.5, 0.6) is 0 Å². The number of rotatable bonds is 6. The summed E-state index contributed by atoms with van der Waals surface area (Å²) in [5, 5.41) is 21.5. The van der Waals surface area contributed by atoms with E-state index in [0.29, 0.717) is 22.5 Å². The van der Waals surface area contributed by atoms with Gasteiger partial charge in [0.05, 0.1) is 9.85 Å². The number of nitro groups is 2. The highest BCUT2D eigenvalue weighted by Crippen LogP contribution is 2.22. The van der Waals surface area contributed by atoms with Gasteiger partial charge in [0.25, 0.3) is 23.2 Å². The van der Waals surface area contributed by atoms with Gasteiger partial charge in [-0.3, -0.25) is 29.8 Å². The molecule has 3 rings (SSSR count). The number of amides is 2. The van der Waals surface area contributed by atoms with Crippen molar-refractivity contribution in [1.29, 1.82) is 0 Å². The molecule has 0 fully saturated rings. The summed E-state index contributed by atoms with van der Waals surface area (Å²) in [5.41, 5.74) is 1.49. The molecule has 0 N–H and O–H groups in total. The van der Waals surface area contributed by atoms with Crippen LogP contribution < -0.4 is 9.80 Å². The predicted molar refractivity (Wildman–Crippen MR) is 118 cm³/mol. The molecule has 3 aromatic rings. The summed E-state index contributed by atoms with van der Waals surface area (Å²) >= 11 is 0. The summed E-state index contributed by atoms with van der Waals surface area (Å²) in [4.78, 5) is 48.7. The molecule has 0 atom stereocenters. The van der Waals surface area contributed by atoms with Gasteiger partial charge in [0, 0.05) is 60.9 Å². The number of benzene rings is 3. The van der Waals surface area contributed by atoms with Gasteiger partial charge in [0.1, 0.15) is 0 Å². The molecule has 0 aliphatic heterocycles. The fourth-order valence-electron chi connectivity index (χ4n) is 2.97. The molecule has 0 spiro atoms. The molecule has 0 saturated heterocycles. The predicted octanol–water partition coefficient (Wildman–Crippen LogP) is 4.06. The minimum absolute atomic E-state index is 0.0744. The Morgan fingerprint density at radius 2 is 0.875 bits per heavy atom. The highest BCUT2D eigenvalue weighted by Gasteiger charge is 2.18. The molecule has 0 aliphatic carbocycles. The van der Waals surface area contributed by atoms with Gasteiger partial charge in [-0.1, -0.05) is 0 Å². The number of nitrogens with zero attached hydrogens (tertiary/aromatic N) is 4. The van der Waals surface area contributed by atoms with E-state index in [2.05, 4.69) is 0 Å². The van der Waals surface area contributed by atoms with Crippen molar-refractivity contribution in [1.82, 2.24) is 0 Å². The fourth-order valence-corrected chi connectivity index (χ4v) is 2.97. The molecule has 2 amide bonds. The van der Waals surface area contributed by atoms with Crippen molar-refractivity contribution < 1.29 is 19.4 Å². The SMILES string of the molecule is CN(C(=O)c1ccc(C(=O)N(C)c2ccc([N+](=O)[O-])cc2)cc1)c1ccc([N+](=O)[O-])cc1. The largest absolute Gasteiger partial charge is 0.311 e. The average molecular weight is 434 g/mol. The van der Waals surface area contributed by atoms with E-state index in [4.69, 9.17) is 0 Å². The lowest BCUT2D eigenvalue weighted by atomic mass is 10.1. The van der Waals surface area contributed by atoms with Gasteiger partial charge in [0.15, 0.2) is 0 Å². The van der Waals surface area contributed by atoms with Crippen molar-refractivity contribution in [3.63, 3.8) is 0 Å². The number of carbonyl (C=O) groups excluding carboxylic acids is 2. The molecule has 0 unspecified atom stereocenters. The van der Waals surface area contributed by atoms with Crippen LogP contribution in [0, 0.1) is 20.2 Å². The van der Waals surface area contributed by atoms with Crippen LogP contribution in [-0.2, 0) is 0 Å². The Bertz CT molecular complexity index is 1080. The highest BCUT2D eigenvalue weighted by molar-refractivity contribution is 6.08. The molecule has 0 bridgehead atoms. The summed E-state index contributed by atoms with van der Waals surface area (Å²) in [6.45, 7) is 0. The number of non-ortho nitro benzene ring substituents is 2. The lowest BCUT2D eigenvalue weighted by Crippen LogP contribution is -2.27. The van der Waals surface area contributed by atoms with E-state index in [1.807, 2.05) is 0 Å². The third-order valence-electron chi connectivity index (χ3n) is 4.88. The number of hydrogen-bond acceptors (Lipinski definition) is 6. The first-order chi connectivity index (χ1) is 15.2. The summed E-state index contributed by atoms with van der Waals surface area (Å²) in [6, 6.07) is 17.2. The van der Waals surface area contributed by atoms with Gasteiger partial charge in [-0.05, 0) is 48.5 Å². The smallest absolute Gasteiger partial charge is 0.269 e.